The molecule has 9 heteroatoms. The van der Waals surface area contributed by atoms with Gasteiger partial charge < -0.3 is 10.1 Å². The Morgan fingerprint density at radius 3 is 2.26 bits per heavy atom. The molecule has 0 aliphatic rings. The smallest absolute Gasteiger partial charge is 0.240 e. The molecule has 4 aromatic rings. The topological polar surface area (TPSA) is 90.3 Å². The van der Waals surface area contributed by atoms with Crippen molar-refractivity contribution in [3.8, 4) is 22.7 Å². The lowest BCUT2D eigenvalue weighted by Crippen LogP contribution is -2.25. The van der Waals surface area contributed by atoms with Gasteiger partial charge in [0.15, 0.2) is 0 Å². The molecule has 0 bridgehead atoms. The Kier molecular flexibility index (Phi) is 6.47. The van der Waals surface area contributed by atoms with Gasteiger partial charge in [-0.3, -0.25) is 9.36 Å². The van der Waals surface area contributed by atoms with Crippen molar-refractivity contribution in [2.24, 2.45) is 0 Å². The SMILES string of the molecule is COc1ccc(-c2cn(-c3ccc(C)cc3)c(S(=O)(=O)CC(=O)Nc3ccc(F)cc3)n2)cc1. The number of nitrogens with one attached hydrogen (secondary N) is 1. The first kappa shape index (κ1) is 23.2. The van der Waals surface area contributed by atoms with Gasteiger partial charge in [0.05, 0.1) is 12.8 Å². The molecule has 3 aromatic carbocycles. The number of aromatic nitrogens is 2. The number of benzene rings is 3. The number of anilines is 1. The number of hydrogen-bond acceptors (Lipinski definition) is 5. The molecule has 0 fully saturated rings. The van der Waals surface area contributed by atoms with Crippen LogP contribution in [0.25, 0.3) is 16.9 Å². The Morgan fingerprint density at radius 2 is 1.65 bits per heavy atom. The highest BCUT2D eigenvalue weighted by atomic mass is 32.2. The fraction of sp³-hybridized carbons (Fsp3) is 0.120. The van der Waals surface area contributed by atoms with Crippen molar-refractivity contribution in [2.45, 2.75) is 12.1 Å². The second kappa shape index (κ2) is 9.48. The van der Waals surface area contributed by atoms with Crippen LogP contribution in [-0.2, 0) is 14.6 Å². The molecular weight excluding hydrogens is 457 g/mol. The highest BCUT2D eigenvalue weighted by Gasteiger charge is 2.27. The molecule has 0 aliphatic heterocycles. The second-order valence-corrected chi connectivity index (χ2v) is 9.54. The Labute approximate surface area is 196 Å². The van der Waals surface area contributed by atoms with Gasteiger partial charge in [0.25, 0.3) is 0 Å². The highest BCUT2D eigenvalue weighted by molar-refractivity contribution is 7.92. The Bertz CT molecular complexity index is 1410. The number of methoxy groups -OCH3 is 1. The number of halogens is 1. The number of carbonyl (C=O) groups excluding carboxylic acids is 1. The maximum Gasteiger partial charge on any atom is 0.240 e. The molecule has 0 saturated heterocycles. The highest BCUT2D eigenvalue weighted by Crippen LogP contribution is 2.26. The van der Waals surface area contributed by atoms with E-state index in [1.807, 2.05) is 19.1 Å². The summed E-state index contributed by atoms with van der Waals surface area (Å²) < 4.78 is 46.3. The number of ether oxygens (including phenoxy) is 1. The van der Waals surface area contributed by atoms with E-state index in [1.165, 1.54) is 28.8 Å². The van der Waals surface area contributed by atoms with Gasteiger partial charge in [-0.05, 0) is 67.6 Å². The molecular formula is C25H22FN3O4S. The van der Waals surface area contributed by atoms with E-state index >= 15 is 0 Å². The van der Waals surface area contributed by atoms with Crippen LogP contribution < -0.4 is 10.1 Å². The van der Waals surface area contributed by atoms with Crippen molar-refractivity contribution in [1.82, 2.24) is 9.55 Å². The van der Waals surface area contributed by atoms with Gasteiger partial charge >= 0.3 is 0 Å². The summed E-state index contributed by atoms with van der Waals surface area (Å²) in [6, 6.07) is 19.4. The average molecular weight is 480 g/mol. The third-order valence-electron chi connectivity index (χ3n) is 5.10. The van der Waals surface area contributed by atoms with Crippen molar-refractivity contribution in [3.63, 3.8) is 0 Å². The number of carbonyl (C=O) groups is 1. The van der Waals surface area contributed by atoms with Crippen LogP contribution in [0.3, 0.4) is 0 Å². The Balaban J connectivity index is 1.70. The zero-order valence-electron chi connectivity index (χ0n) is 18.5. The van der Waals surface area contributed by atoms with Gasteiger partial charge in [-0.2, -0.15) is 0 Å². The van der Waals surface area contributed by atoms with Crippen LogP contribution in [0.4, 0.5) is 10.1 Å². The van der Waals surface area contributed by atoms with Gasteiger partial charge in [0.2, 0.25) is 20.9 Å². The zero-order chi connectivity index (χ0) is 24.3. The first-order valence-corrected chi connectivity index (χ1v) is 12.0. The fourth-order valence-corrected chi connectivity index (χ4v) is 4.58. The van der Waals surface area contributed by atoms with E-state index in [4.69, 9.17) is 4.74 Å². The van der Waals surface area contributed by atoms with E-state index in [1.54, 1.807) is 49.7 Å². The molecule has 7 nitrogen and oxygen atoms in total. The number of imidazole rings is 1. The van der Waals surface area contributed by atoms with E-state index in [0.717, 1.165) is 5.56 Å². The monoisotopic (exact) mass is 479 g/mol. The molecule has 0 atom stereocenters. The molecule has 1 amide bonds. The number of hydrogen-bond donors (Lipinski definition) is 1. The molecule has 1 heterocycles. The standard InChI is InChI=1S/C25H22FN3O4S/c1-17-3-11-21(12-4-17)29-15-23(18-5-13-22(33-2)14-6-18)28-25(29)34(31,32)16-24(30)27-20-9-7-19(26)8-10-20/h3-15H,16H2,1-2H3,(H,27,30). The lowest BCUT2D eigenvalue weighted by atomic mass is 10.1. The van der Waals surface area contributed by atoms with Crippen LogP contribution in [0.2, 0.25) is 0 Å². The third kappa shape index (κ3) is 5.15. The summed E-state index contributed by atoms with van der Waals surface area (Å²) in [7, 11) is -2.58. The summed E-state index contributed by atoms with van der Waals surface area (Å²) in [5.74, 6) is -1.38. The van der Waals surface area contributed by atoms with Gasteiger partial charge in [0.1, 0.15) is 17.3 Å². The van der Waals surface area contributed by atoms with Gasteiger partial charge in [0, 0.05) is 23.1 Å². The zero-order valence-corrected chi connectivity index (χ0v) is 19.3. The van der Waals surface area contributed by atoms with Crippen LogP contribution in [0.1, 0.15) is 5.56 Å². The minimum absolute atomic E-state index is 0.253. The van der Waals surface area contributed by atoms with Crippen molar-refractivity contribution in [3.05, 3.63) is 90.4 Å². The van der Waals surface area contributed by atoms with Gasteiger partial charge in [-0.1, -0.05) is 17.7 Å². The maximum absolute atomic E-state index is 13.3. The number of aryl methyl sites for hydroxylation is 1. The summed E-state index contributed by atoms with van der Waals surface area (Å²) in [6.07, 6.45) is 1.62. The number of rotatable bonds is 7. The lowest BCUT2D eigenvalue weighted by molar-refractivity contribution is -0.113. The van der Waals surface area contributed by atoms with Gasteiger partial charge in [-0.25, -0.2) is 17.8 Å². The van der Waals surface area contributed by atoms with Crippen LogP contribution >= 0.6 is 0 Å². The van der Waals surface area contributed by atoms with E-state index in [0.29, 0.717) is 28.4 Å². The minimum atomic E-state index is -4.14. The Hall–Kier alpha value is -3.98. The van der Waals surface area contributed by atoms with E-state index in [9.17, 15) is 17.6 Å². The maximum atomic E-state index is 13.3. The van der Waals surface area contributed by atoms with Crippen LogP contribution in [0.15, 0.2) is 84.1 Å². The molecule has 0 aliphatic carbocycles. The first-order valence-electron chi connectivity index (χ1n) is 10.3. The minimum Gasteiger partial charge on any atom is -0.497 e. The summed E-state index contributed by atoms with van der Waals surface area (Å²) in [5, 5.41) is 2.22. The van der Waals surface area contributed by atoms with Gasteiger partial charge in [-0.15, -0.1) is 0 Å². The quantitative estimate of drug-likeness (QED) is 0.424. The summed E-state index contributed by atoms with van der Waals surface area (Å²) in [6.45, 7) is 1.93. The van der Waals surface area contributed by atoms with Crippen molar-refractivity contribution >= 4 is 21.4 Å². The van der Waals surface area contributed by atoms with E-state index in [2.05, 4.69) is 10.3 Å². The number of sulfone groups is 1. The van der Waals surface area contributed by atoms with Crippen LogP contribution in [0, 0.1) is 12.7 Å². The summed E-state index contributed by atoms with van der Waals surface area (Å²) >= 11 is 0. The largest absolute Gasteiger partial charge is 0.497 e. The molecule has 0 unspecified atom stereocenters. The predicted molar refractivity (Wildman–Crippen MR) is 127 cm³/mol. The predicted octanol–water partition coefficient (Wildman–Crippen LogP) is 4.41. The summed E-state index contributed by atoms with van der Waals surface area (Å²) in [4.78, 5) is 16.9. The first-order chi connectivity index (χ1) is 16.2. The molecule has 0 spiro atoms. The molecule has 1 aromatic heterocycles. The van der Waals surface area contributed by atoms with Crippen molar-refractivity contribution < 1.29 is 22.3 Å². The molecule has 0 radical (unpaired) electrons. The fourth-order valence-electron chi connectivity index (χ4n) is 3.34. The van der Waals surface area contributed by atoms with Crippen LogP contribution in [0.5, 0.6) is 5.75 Å². The van der Waals surface area contributed by atoms with Crippen LogP contribution in [-0.4, -0.2) is 36.7 Å². The number of nitrogens with zero attached hydrogens (tertiary/aromatic N) is 2. The lowest BCUT2D eigenvalue weighted by Gasteiger charge is -2.09. The Morgan fingerprint density at radius 1 is 1.00 bits per heavy atom. The third-order valence-corrected chi connectivity index (χ3v) is 6.59. The van der Waals surface area contributed by atoms with Crippen molar-refractivity contribution in [1.29, 1.82) is 0 Å². The van der Waals surface area contributed by atoms with E-state index in [-0.39, 0.29) is 5.16 Å². The normalized spacial score (nSPS) is 11.3. The molecule has 174 valence electrons. The molecule has 34 heavy (non-hydrogen) atoms. The molecule has 4 rings (SSSR count). The summed E-state index contributed by atoms with van der Waals surface area (Å²) in [5.41, 5.74) is 3.03. The second-order valence-electron chi connectivity index (χ2n) is 7.66. The average Bonchev–Trinajstić information content (AvgIpc) is 3.27. The van der Waals surface area contributed by atoms with E-state index < -0.39 is 27.3 Å². The molecule has 0 saturated carbocycles. The molecule has 1 N–H and O–H groups in total. The number of amides is 1. The van der Waals surface area contributed by atoms with Crippen molar-refractivity contribution in [2.75, 3.05) is 18.2 Å².